The number of benzene rings is 1. The maximum absolute atomic E-state index is 12.3. The van der Waals surface area contributed by atoms with Gasteiger partial charge in [0.25, 0.3) is 5.91 Å². The first kappa shape index (κ1) is 13.8. The fourth-order valence-corrected chi connectivity index (χ4v) is 2.69. The average Bonchev–Trinajstić information content (AvgIpc) is 2.77. The normalized spacial score (nSPS) is 10.5. The molecule has 2 rings (SSSR count). The lowest BCUT2D eigenvalue weighted by Gasteiger charge is -2.17. The van der Waals surface area contributed by atoms with Crippen molar-refractivity contribution in [3.05, 3.63) is 44.9 Å². The Bertz CT molecular complexity index is 612. The largest absolute Gasteiger partial charge is 0.398 e. The maximum atomic E-state index is 12.3. The molecule has 0 aliphatic rings. The molecule has 2 aromatic rings. The molecule has 0 unspecified atom stereocenters. The summed E-state index contributed by atoms with van der Waals surface area (Å²) in [6.07, 6.45) is 0. The first-order chi connectivity index (χ1) is 8.99. The van der Waals surface area contributed by atoms with Gasteiger partial charge in [0, 0.05) is 22.6 Å². The molecule has 1 aromatic carbocycles. The summed E-state index contributed by atoms with van der Waals surface area (Å²) in [5.41, 5.74) is 9.40. The third-order valence-corrected chi connectivity index (χ3v) is 3.97. The van der Waals surface area contributed by atoms with Crippen LogP contribution >= 0.6 is 22.9 Å². The number of anilines is 1. The summed E-state index contributed by atoms with van der Waals surface area (Å²) in [5.74, 6) is -0.146. The van der Waals surface area contributed by atoms with Gasteiger partial charge in [0.1, 0.15) is 0 Å². The number of aromatic nitrogens is 1. The van der Waals surface area contributed by atoms with Crippen molar-refractivity contribution in [2.24, 2.45) is 0 Å². The van der Waals surface area contributed by atoms with Crippen LogP contribution in [0.4, 0.5) is 5.69 Å². The molecule has 19 heavy (non-hydrogen) atoms. The molecule has 0 spiro atoms. The van der Waals surface area contributed by atoms with Gasteiger partial charge in [-0.15, -0.1) is 11.3 Å². The highest BCUT2D eigenvalue weighted by Gasteiger charge is 2.16. The molecule has 0 aliphatic heterocycles. The van der Waals surface area contributed by atoms with Crippen molar-refractivity contribution in [1.29, 1.82) is 0 Å². The molecular formula is C13H14ClN3OS. The van der Waals surface area contributed by atoms with Crippen molar-refractivity contribution in [2.45, 2.75) is 13.5 Å². The molecule has 0 fully saturated rings. The van der Waals surface area contributed by atoms with E-state index in [-0.39, 0.29) is 5.91 Å². The molecule has 0 atom stereocenters. The minimum Gasteiger partial charge on any atom is -0.398 e. The van der Waals surface area contributed by atoms with Gasteiger partial charge < -0.3 is 10.6 Å². The second-order valence-electron chi connectivity index (χ2n) is 4.25. The summed E-state index contributed by atoms with van der Waals surface area (Å²) < 4.78 is 0. The molecule has 2 N–H and O–H groups in total. The van der Waals surface area contributed by atoms with Crippen LogP contribution in [0.1, 0.15) is 20.9 Å². The van der Waals surface area contributed by atoms with Crippen LogP contribution in [0.3, 0.4) is 0 Å². The summed E-state index contributed by atoms with van der Waals surface area (Å²) in [4.78, 5) is 19.2. The molecule has 1 aromatic heterocycles. The zero-order valence-corrected chi connectivity index (χ0v) is 12.3. The van der Waals surface area contributed by atoms with Crippen molar-refractivity contribution in [2.75, 3.05) is 12.8 Å². The number of nitrogen functional groups attached to an aromatic ring is 1. The number of rotatable bonds is 3. The van der Waals surface area contributed by atoms with E-state index in [0.29, 0.717) is 22.8 Å². The van der Waals surface area contributed by atoms with Crippen LogP contribution < -0.4 is 5.73 Å². The summed E-state index contributed by atoms with van der Waals surface area (Å²) in [6.45, 7) is 2.44. The van der Waals surface area contributed by atoms with Crippen molar-refractivity contribution in [3.63, 3.8) is 0 Å². The topological polar surface area (TPSA) is 59.2 Å². The van der Waals surface area contributed by atoms with E-state index in [9.17, 15) is 4.79 Å². The van der Waals surface area contributed by atoms with Crippen molar-refractivity contribution >= 4 is 34.5 Å². The summed E-state index contributed by atoms with van der Waals surface area (Å²) in [6, 6.07) is 4.90. The Morgan fingerprint density at radius 3 is 2.89 bits per heavy atom. The van der Waals surface area contributed by atoms with Gasteiger partial charge in [-0.1, -0.05) is 11.6 Å². The lowest BCUT2D eigenvalue weighted by Crippen LogP contribution is -2.26. The number of halogens is 1. The number of amides is 1. The average molecular weight is 296 g/mol. The van der Waals surface area contributed by atoms with E-state index in [1.54, 1.807) is 35.7 Å². The molecule has 0 saturated heterocycles. The number of carbonyl (C=O) groups is 1. The molecule has 0 saturated carbocycles. The van der Waals surface area contributed by atoms with Gasteiger partial charge in [0.2, 0.25) is 0 Å². The molecule has 1 heterocycles. The van der Waals surface area contributed by atoms with Crippen molar-refractivity contribution in [3.8, 4) is 0 Å². The predicted molar refractivity (Wildman–Crippen MR) is 78.5 cm³/mol. The smallest absolute Gasteiger partial charge is 0.256 e. The Morgan fingerprint density at radius 1 is 1.53 bits per heavy atom. The maximum Gasteiger partial charge on any atom is 0.256 e. The highest BCUT2D eigenvalue weighted by molar-refractivity contribution is 7.09. The van der Waals surface area contributed by atoms with E-state index < -0.39 is 0 Å². The molecule has 0 aliphatic carbocycles. The second kappa shape index (κ2) is 5.59. The van der Waals surface area contributed by atoms with E-state index >= 15 is 0 Å². The summed E-state index contributed by atoms with van der Waals surface area (Å²) >= 11 is 7.43. The van der Waals surface area contributed by atoms with Crippen molar-refractivity contribution < 1.29 is 4.79 Å². The first-order valence-corrected chi connectivity index (χ1v) is 6.94. The number of nitrogens with zero attached hydrogens (tertiary/aromatic N) is 2. The molecule has 4 nitrogen and oxygen atoms in total. The van der Waals surface area contributed by atoms with E-state index in [4.69, 9.17) is 17.3 Å². The van der Waals surface area contributed by atoms with Crippen molar-refractivity contribution in [1.82, 2.24) is 9.88 Å². The zero-order valence-electron chi connectivity index (χ0n) is 10.7. The third-order valence-electron chi connectivity index (χ3n) is 2.82. The van der Waals surface area contributed by atoms with Crippen LogP contribution in [0.5, 0.6) is 0 Å². The van der Waals surface area contributed by atoms with Crippen LogP contribution in [0.15, 0.2) is 23.7 Å². The van der Waals surface area contributed by atoms with Gasteiger partial charge in [-0.2, -0.15) is 0 Å². The predicted octanol–water partition coefficient (Wildman–Crippen LogP) is 2.96. The minimum absolute atomic E-state index is 0.146. The second-order valence-corrected chi connectivity index (χ2v) is 5.63. The molecule has 100 valence electrons. The van der Waals surface area contributed by atoms with E-state index in [1.165, 1.54) is 11.3 Å². The van der Waals surface area contributed by atoms with Gasteiger partial charge in [0.15, 0.2) is 0 Å². The lowest BCUT2D eigenvalue weighted by molar-refractivity contribution is 0.0787. The Balaban J connectivity index is 2.19. The Morgan fingerprint density at radius 2 is 2.26 bits per heavy atom. The number of hydrogen-bond acceptors (Lipinski definition) is 4. The van der Waals surface area contributed by atoms with E-state index in [2.05, 4.69) is 4.98 Å². The standard InChI is InChI=1S/C13H14ClN3OS/c1-8-12(19-7-16-8)6-17(2)13(18)10-5-9(14)3-4-11(10)15/h3-5,7H,6,15H2,1-2H3. The number of thiazole rings is 1. The quantitative estimate of drug-likeness (QED) is 0.886. The lowest BCUT2D eigenvalue weighted by atomic mass is 10.1. The Kier molecular flexibility index (Phi) is 4.07. The Labute approximate surface area is 120 Å². The minimum atomic E-state index is -0.146. The van der Waals surface area contributed by atoms with Gasteiger partial charge in [-0.25, -0.2) is 4.98 Å². The molecule has 0 radical (unpaired) electrons. The number of nitrogens with two attached hydrogens (primary N) is 1. The zero-order chi connectivity index (χ0) is 14.0. The fourth-order valence-electron chi connectivity index (χ4n) is 1.68. The highest BCUT2D eigenvalue weighted by Crippen LogP contribution is 2.21. The van der Waals surface area contributed by atoms with Crippen LogP contribution in [-0.4, -0.2) is 22.8 Å². The van der Waals surface area contributed by atoms with Crippen LogP contribution in [0, 0.1) is 6.92 Å². The molecule has 6 heteroatoms. The van der Waals surface area contributed by atoms with Gasteiger partial charge in [0.05, 0.1) is 23.3 Å². The fraction of sp³-hybridized carbons (Fsp3) is 0.231. The van der Waals surface area contributed by atoms with E-state index in [1.807, 2.05) is 6.92 Å². The van der Waals surface area contributed by atoms with Gasteiger partial charge in [-0.05, 0) is 25.1 Å². The number of carbonyl (C=O) groups excluding carboxylic acids is 1. The summed E-state index contributed by atoms with van der Waals surface area (Å²) in [5, 5.41) is 0.500. The van der Waals surface area contributed by atoms with Crippen LogP contribution in [0.2, 0.25) is 5.02 Å². The highest BCUT2D eigenvalue weighted by atomic mass is 35.5. The monoisotopic (exact) mass is 295 g/mol. The SMILES string of the molecule is Cc1ncsc1CN(C)C(=O)c1cc(Cl)ccc1N. The molecular weight excluding hydrogens is 282 g/mol. The summed E-state index contributed by atoms with van der Waals surface area (Å²) in [7, 11) is 1.74. The first-order valence-electron chi connectivity index (χ1n) is 5.68. The van der Waals surface area contributed by atoms with E-state index in [0.717, 1.165) is 10.6 Å². The van der Waals surface area contributed by atoms with Gasteiger partial charge in [-0.3, -0.25) is 4.79 Å². The van der Waals surface area contributed by atoms with Crippen LogP contribution in [0.25, 0.3) is 0 Å². The van der Waals surface area contributed by atoms with Crippen LogP contribution in [-0.2, 0) is 6.54 Å². The molecule has 1 amide bonds. The number of hydrogen-bond donors (Lipinski definition) is 1. The molecule has 0 bridgehead atoms. The Hall–Kier alpha value is -1.59. The third kappa shape index (κ3) is 3.05. The number of aryl methyl sites for hydroxylation is 1. The van der Waals surface area contributed by atoms with Gasteiger partial charge >= 0.3 is 0 Å².